The van der Waals surface area contributed by atoms with Gasteiger partial charge in [0, 0.05) is 52.1 Å². The number of methoxy groups -OCH3 is 3. The van der Waals surface area contributed by atoms with E-state index in [4.69, 9.17) is 25.8 Å². The van der Waals surface area contributed by atoms with Crippen molar-refractivity contribution in [3.63, 3.8) is 0 Å². The molecule has 0 saturated heterocycles. The van der Waals surface area contributed by atoms with Gasteiger partial charge < -0.3 is 35.5 Å². The van der Waals surface area contributed by atoms with E-state index in [-0.39, 0.29) is 47.3 Å². The number of nitrogens with zero attached hydrogens (tertiary/aromatic N) is 4. The maximum Gasteiger partial charge on any atom is 0.147 e. The summed E-state index contributed by atoms with van der Waals surface area (Å²) in [5.41, 5.74) is 13.1. The molecular formula is C69H81ClN8O7. The van der Waals surface area contributed by atoms with Gasteiger partial charge in [0.05, 0.1) is 68.3 Å². The molecule has 0 saturated carbocycles. The minimum absolute atomic E-state index is 0.131. The molecule has 0 aliphatic carbocycles. The zero-order valence-corrected chi connectivity index (χ0v) is 51.7. The smallest absolute Gasteiger partial charge is 0.147 e. The lowest BCUT2D eigenvalue weighted by molar-refractivity contribution is -0.119. The average molecular weight is 1170 g/mol. The fourth-order valence-electron chi connectivity index (χ4n) is 9.08. The molecule has 4 heterocycles. The molecule has 4 N–H and O–H groups in total. The van der Waals surface area contributed by atoms with Crippen LogP contribution in [0.3, 0.4) is 0 Å². The predicted octanol–water partition coefficient (Wildman–Crippen LogP) is 11.1. The maximum absolute atomic E-state index is 11.5. The molecule has 16 heteroatoms. The quantitative estimate of drug-likeness (QED) is 0.0446. The topological polar surface area (TPSA) is 196 Å². The van der Waals surface area contributed by atoms with Gasteiger partial charge in [-0.15, -0.1) is 0 Å². The summed E-state index contributed by atoms with van der Waals surface area (Å²) in [5.74, 6) is 3.01. The van der Waals surface area contributed by atoms with E-state index in [0.29, 0.717) is 30.7 Å². The number of aromatic nitrogens is 4. The first-order chi connectivity index (χ1) is 41.0. The zero-order chi connectivity index (χ0) is 61.8. The zero-order valence-electron chi connectivity index (χ0n) is 51.0. The van der Waals surface area contributed by atoms with Crippen molar-refractivity contribution in [1.82, 2.24) is 41.2 Å². The number of pyridine rings is 4. The molecule has 0 fully saturated rings. The Morgan fingerprint density at radius 2 is 0.824 bits per heavy atom. The highest BCUT2D eigenvalue weighted by Gasteiger charge is 2.17. The third-order valence-corrected chi connectivity index (χ3v) is 14.5. The Balaban J connectivity index is 0.000000207. The number of hydrogen-bond acceptors (Lipinski definition) is 15. The summed E-state index contributed by atoms with van der Waals surface area (Å²) in [5, 5.41) is 12.8. The van der Waals surface area contributed by atoms with Crippen LogP contribution in [-0.4, -0.2) is 117 Å². The normalized spacial score (nSPS) is 12.0. The molecule has 0 spiro atoms. The molecule has 446 valence electrons. The largest absolute Gasteiger partial charge is 0.497 e. The lowest BCUT2D eigenvalue weighted by Gasteiger charge is -2.13. The number of carbonyl (C=O) groups excluding carboxylic acids is 4. The van der Waals surface area contributed by atoms with Crippen molar-refractivity contribution in [3.05, 3.63) is 197 Å². The number of rotatable bonds is 24. The van der Waals surface area contributed by atoms with E-state index < -0.39 is 0 Å². The minimum Gasteiger partial charge on any atom is -0.497 e. The fraction of sp³-hybridized carbons (Fsp3) is 0.304. The molecular weight excluding hydrogens is 1090 g/mol. The molecule has 0 amide bonds. The number of likely N-dealkylation sites (N-methyl/N-ethyl adjacent to an activating group) is 4. The van der Waals surface area contributed by atoms with Crippen LogP contribution >= 0.6 is 11.6 Å². The lowest BCUT2D eigenvalue weighted by atomic mass is 10.00. The third-order valence-electron chi connectivity index (χ3n) is 14.3. The van der Waals surface area contributed by atoms with Crippen LogP contribution in [0, 0.1) is 0 Å². The van der Waals surface area contributed by atoms with Gasteiger partial charge >= 0.3 is 0 Å². The van der Waals surface area contributed by atoms with Crippen LogP contribution in [0.15, 0.2) is 164 Å². The van der Waals surface area contributed by atoms with Crippen molar-refractivity contribution in [2.45, 2.75) is 90.9 Å². The number of aryl methyl sites for hydroxylation is 1. The van der Waals surface area contributed by atoms with Crippen molar-refractivity contribution in [1.29, 1.82) is 0 Å². The third kappa shape index (κ3) is 21.1. The Kier molecular flexibility index (Phi) is 27.9. The Bertz CT molecular complexity index is 3360. The predicted molar refractivity (Wildman–Crippen MR) is 342 cm³/mol. The molecule has 4 aromatic heterocycles. The molecule has 8 aromatic rings. The van der Waals surface area contributed by atoms with Crippen LogP contribution in [-0.2, 0) is 51.3 Å². The van der Waals surface area contributed by atoms with Crippen LogP contribution in [0.1, 0.15) is 62.4 Å². The van der Waals surface area contributed by atoms with E-state index >= 15 is 0 Å². The van der Waals surface area contributed by atoms with E-state index in [1.165, 1.54) is 5.56 Å². The molecule has 8 rings (SSSR count). The van der Waals surface area contributed by atoms with E-state index in [1.54, 1.807) is 77.2 Å². The summed E-state index contributed by atoms with van der Waals surface area (Å²) in [7, 11) is 12.2. The van der Waals surface area contributed by atoms with E-state index in [0.717, 1.165) is 91.0 Å². The fourth-order valence-corrected chi connectivity index (χ4v) is 9.20. The van der Waals surface area contributed by atoms with Crippen molar-refractivity contribution < 1.29 is 33.4 Å². The number of benzene rings is 4. The van der Waals surface area contributed by atoms with Crippen LogP contribution in [0.5, 0.6) is 17.2 Å². The Hall–Kier alpha value is -8.31. The second-order valence-corrected chi connectivity index (χ2v) is 20.6. The summed E-state index contributed by atoms with van der Waals surface area (Å²) in [6.45, 7) is 8.51. The van der Waals surface area contributed by atoms with Crippen LogP contribution < -0.4 is 35.5 Å². The van der Waals surface area contributed by atoms with Gasteiger partial charge in [-0.05, 0) is 195 Å². The summed E-state index contributed by atoms with van der Waals surface area (Å²) in [6, 6.07) is 44.5. The summed E-state index contributed by atoms with van der Waals surface area (Å²) in [6.07, 6.45) is 10.8. The number of halogens is 1. The van der Waals surface area contributed by atoms with Gasteiger partial charge in [0.25, 0.3) is 0 Å². The second-order valence-electron chi connectivity index (χ2n) is 20.1. The van der Waals surface area contributed by atoms with Crippen molar-refractivity contribution in [2.24, 2.45) is 0 Å². The SMILES string of the molecule is CCc1cc(OC)ccc1-c1ccc(C[C@H](NC)C(C)=O)cn1.CN[C@@H](Cc1ccc(-c2ccc(Cl)cc2)nc1)C(C)=O.CN[C@@H](Cc1ccc(-c2cccc(OC)c2)nc1)C(C)=O.CN[C@@H](Cc1ccc(-c2ccccc2OC)nc1)C(C)=O. The van der Waals surface area contributed by atoms with Gasteiger partial charge in [-0.25, -0.2) is 0 Å². The van der Waals surface area contributed by atoms with E-state index in [2.05, 4.69) is 54.2 Å². The highest BCUT2D eigenvalue weighted by Crippen LogP contribution is 2.29. The van der Waals surface area contributed by atoms with Gasteiger partial charge in [-0.1, -0.05) is 79.2 Å². The number of Topliss-reactive ketones (excluding diaryl/α,β-unsaturated/α-hetero) is 4. The second kappa shape index (κ2) is 35.1. The van der Waals surface area contributed by atoms with E-state index in [9.17, 15) is 19.2 Å². The van der Waals surface area contributed by atoms with E-state index in [1.807, 2.05) is 158 Å². The summed E-state index contributed by atoms with van der Waals surface area (Å²) < 4.78 is 15.9. The van der Waals surface area contributed by atoms with Crippen LogP contribution in [0.25, 0.3) is 45.0 Å². The number of ether oxygens (including phenoxy) is 3. The first-order valence-corrected chi connectivity index (χ1v) is 28.6. The van der Waals surface area contributed by atoms with Gasteiger partial charge in [-0.2, -0.15) is 0 Å². The minimum atomic E-state index is -0.163. The average Bonchev–Trinajstić information content (AvgIpc) is 3.74. The molecule has 0 radical (unpaired) electrons. The number of ketones is 4. The Morgan fingerprint density at radius 3 is 1.20 bits per heavy atom. The molecule has 0 unspecified atom stereocenters. The molecule has 15 nitrogen and oxygen atoms in total. The van der Waals surface area contributed by atoms with Crippen LogP contribution in [0.2, 0.25) is 5.02 Å². The Morgan fingerprint density at radius 1 is 0.424 bits per heavy atom. The van der Waals surface area contributed by atoms with Gasteiger partial charge in [0.2, 0.25) is 0 Å². The molecule has 0 aliphatic rings. The van der Waals surface area contributed by atoms with Gasteiger partial charge in [-0.3, -0.25) is 39.1 Å². The van der Waals surface area contributed by atoms with Crippen molar-refractivity contribution in [2.75, 3.05) is 49.5 Å². The van der Waals surface area contributed by atoms with Crippen LogP contribution in [0.4, 0.5) is 0 Å². The van der Waals surface area contributed by atoms with Gasteiger partial charge in [0.15, 0.2) is 0 Å². The monoisotopic (exact) mass is 1170 g/mol. The molecule has 4 atom stereocenters. The molecule has 85 heavy (non-hydrogen) atoms. The standard InChI is InChI=1S/C19H24N2O2.2C17H20N2O2.C16H17ClN2O/c1-5-15-11-16(23-4)7-8-17(15)18-9-6-14(12-21-18)10-19(20-3)13(2)22;1-12(20)17(18-2)9-13-7-8-16(19-11-13)14-5-4-6-15(10-14)21-3;1-12(20)16(18-2)10-13-8-9-15(19-11-13)14-6-4-5-7-17(14)21-3;1-11(20)16(18-2)9-12-3-8-15(19-10-12)13-4-6-14(17)7-5-13/h6-9,11-12,19-20H,5,10H2,1-4H3;4-8,10-11,17-18H,9H2,1-3H3;4-9,11,16,18H,10H2,1-3H3;3-8,10,16,18H,9H2,1-2H3/t19-;17-;2*16-/m0000/s1. The molecule has 4 aromatic carbocycles. The van der Waals surface area contributed by atoms with Gasteiger partial charge in [0.1, 0.15) is 40.4 Å². The number of hydrogen-bond donors (Lipinski definition) is 4. The lowest BCUT2D eigenvalue weighted by Crippen LogP contribution is -2.34. The number of carbonyl (C=O) groups is 4. The first kappa shape index (κ1) is 67.5. The molecule has 0 aliphatic heterocycles. The van der Waals surface area contributed by atoms with Crippen molar-refractivity contribution in [3.8, 4) is 62.3 Å². The highest BCUT2D eigenvalue weighted by atomic mass is 35.5. The summed E-state index contributed by atoms with van der Waals surface area (Å²) >= 11 is 5.87. The summed E-state index contributed by atoms with van der Waals surface area (Å²) in [4.78, 5) is 63.8. The number of para-hydroxylation sites is 1. The highest BCUT2D eigenvalue weighted by molar-refractivity contribution is 6.30. The van der Waals surface area contributed by atoms with Crippen molar-refractivity contribution >= 4 is 34.7 Å². The molecule has 0 bridgehead atoms. The maximum atomic E-state index is 11.5. The first-order valence-electron chi connectivity index (χ1n) is 28.2. The number of nitrogens with one attached hydrogen (secondary N) is 4. The Labute approximate surface area is 506 Å².